The lowest BCUT2D eigenvalue weighted by atomic mass is 10.1. The van der Waals surface area contributed by atoms with Crippen molar-refractivity contribution in [1.29, 1.82) is 0 Å². The predicted octanol–water partition coefficient (Wildman–Crippen LogP) is 3.69. The molecule has 0 radical (unpaired) electrons. The summed E-state index contributed by atoms with van der Waals surface area (Å²) in [6.07, 6.45) is 3.70. The molecule has 0 amide bonds. The van der Waals surface area contributed by atoms with Gasteiger partial charge in [-0.1, -0.05) is 30.3 Å². The number of hydrogen-bond acceptors (Lipinski definition) is 2. The topological polar surface area (TPSA) is 30.2 Å². The van der Waals surface area contributed by atoms with Crippen LogP contribution < -0.4 is 0 Å². The van der Waals surface area contributed by atoms with E-state index in [-0.39, 0.29) is 5.82 Å². The monoisotopic (exact) mass is 263 g/mol. The van der Waals surface area contributed by atoms with Gasteiger partial charge in [-0.25, -0.2) is 13.9 Å². The van der Waals surface area contributed by atoms with Crippen LogP contribution in [0.25, 0.3) is 27.7 Å². The maximum atomic E-state index is 13.3. The van der Waals surface area contributed by atoms with Crippen LogP contribution in [0.4, 0.5) is 4.39 Å². The minimum atomic E-state index is -0.277. The lowest BCUT2D eigenvalue weighted by Crippen LogP contribution is -1.91. The third-order valence-corrected chi connectivity index (χ3v) is 3.33. The highest BCUT2D eigenvalue weighted by atomic mass is 19.1. The first-order chi connectivity index (χ1) is 9.81. The van der Waals surface area contributed by atoms with Gasteiger partial charge in [0.05, 0.1) is 5.52 Å². The Hall–Kier alpha value is -2.75. The van der Waals surface area contributed by atoms with Crippen molar-refractivity contribution < 1.29 is 4.39 Å². The smallest absolute Gasteiger partial charge is 0.162 e. The first-order valence-corrected chi connectivity index (χ1v) is 6.30. The van der Waals surface area contributed by atoms with Gasteiger partial charge in [0.1, 0.15) is 5.82 Å². The van der Waals surface area contributed by atoms with E-state index >= 15 is 0 Å². The SMILES string of the molecule is Fc1ccc2nn3cc(-c4ccccc4)cnc3c2c1. The van der Waals surface area contributed by atoms with E-state index < -0.39 is 0 Å². The van der Waals surface area contributed by atoms with Crippen LogP contribution in [0, 0.1) is 5.82 Å². The van der Waals surface area contributed by atoms with E-state index in [4.69, 9.17) is 0 Å². The minimum absolute atomic E-state index is 0.277. The Balaban J connectivity index is 1.98. The van der Waals surface area contributed by atoms with E-state index in [0.29, 0.717) is 5.65 Å². The highest BCUT2D eigenvalue weighted by Crippen LogP contribution is 2.22. The molecule has 0 atom stereocenters. The average Bonchev–Trinajstić information content (AvgIpc) is 2.85. The molecule has 2 aromatic carbocycles. The zero-order valence-corrected chi connectivity index (χ0v) is 10.5. The molecule has 4 heteroatoms. The molecular formula is C16H10FN3. The Bertz CT molecular complexity index is 913. The fourth-order valence-corrected chi connectivity index (χ4v) is 2.36. The number of aromatic nitrogens is 3. The van der Waals surface area contributed by atoms with Crippen molar-refractivity contribution in [2.24, 2.45) is 0 Å². The fourth-order valence-electron chi connectivity index (χ4n) is 2.36. The quantitative estimate of drug-likeness (QED) is 0.524. The average molecular weight is 263 g/mol. The van der Waals surface area contributed by atoms with Crippen LogP contribution in [0.3, 0.4) is 0 Å². The summed E-state index contributed by atoms with van der Waals surface area (Å²) >= 11 is 0. The molecule has 0 saturated carbocycles. The van der Waals surface area contributed by atoms with Crippen LogP contribution in [-0.2, 0) is 0 Å². The van der Waals surface area contributed by atoms with Gasteiger partial charge in [-0.05, 0) is 23.8 Å². The van der Waals surface area contributed by atoms with E-state index in [1.807, 2.05) is 36.5 Å². The highest BCUT2D eigenvalue weighted by molar-refractivity contribution is 5.92. The summed E-state index contributed by atoms with van der Waals surface area (Å²) in [6, 6.07) is 14.5. The molecule has 0 spiro atoms. The molecule has 0 aliphatic rings. The molecule has 0 aliphatic heterocycles. The Morgan fingerprint density at radius 1 is 0.950 bits per heavy atom. The summed E-state index contributed by atoms with van der Waals surface area (Å²) in [4.78, 5) is 4.42. The molecule has 0 N–H and O–H groups in total. The number of hydrogen-bond donors (Lipinski definition) is 0. The third kappa shape index (κ3) is 1.66. The van der Waals surface area contributed by atoms with Gasteiger partial charge in [-0.2, -0.15) is 5.10 Å². The molecule has 0 unspecified atom stereocenters. The van der Waals surface area contributed by atoms with Crippen molar-refractivity contribution in [3.63, 3.8) is 0 Å². The van der Waals surface area contributed by atoms with Gasteiger partial charge >= 0.3 is 0 Å². The lowest BCUT2D eigenvalue weighted by Gasteiger charge is -2.01. The van der Waals surface area contributed by atoms with Gasteiger partial charge in [0.2, 0.25) is 0 Å². The summed E-state index contributed by atoms with van der Waals surface area (Å²) in [5, 5.41) is 5.16. The van der Waals surface area contributed by atoms with Crippen LogP contribution in [0.1, 0.15) is 0 Å². The normalized spacial score (nSPS) is 11.2. The number of halogens is 1. The zero-order chi connectivity index (χ0) is 13.5. The predicted molar refractivity (Wildman–Crippen MR) is 75.9 cm³/mol. The first kappa shape index (κ1) is 11.1. The molecule has 4 aromatic rings. The molecule has 0 saturated heterocycles. The maximum absolute atomic E-state index is 13.3. The summed E-state index contributed by atoms with van der Waals surface area (Å²) in [7, 11) is 0. The highest BCUT2D eigenvalue weighted by Gasteiger charge is 2.08. The number of nitrogens with zero attached hydrogens (tertiary/aromatic N) is 3. The Morgan fingerprint density at radius 3 is 2.65 bits per heavy atom. The number of fused-ring (bicyclic) bond motifs is 3. The molecule has 2 heterocycles. The van der Waals surface area contributed by atoms with Crippen LogP contribution in [0.2, 0.25) is 0 Å². The van der Waals surface area contributed by atoms with E-state index in [1.165, 1.54) is 12.1 Å². The van der Waals surface area contributed by atoms with Crippen molar-refractivity contribution in [2.75, 3.05) is 0 Å². The molecule has 4 rings (SSSR count). The molecule has 2 aromatic heterocycles. The largest absolute Gasteiger partial charge is 0.236 e. The van der Waals surface area contributed by atoms with Gasteiger partial charge in [0.25, 0.3) is 0 Å². The van der Waals surface area contributed by atoms with Gasteiger partial charge in [0.15, 0.2) is 5.65 Å². The molecule has 0 bridgehead atoms. The molecular weight excluding hydrogens is 253 g/mol. The van der Waals surface area contributed by atoms with Gasteiger partial charge < -0.3 is 0 Å². The van der Waals surface area contributed by atoms with Crippen LogP contribution in [0.15, 0.2) is 60.9 Å². The second-order valence-electron chi connectivity index (χ2n) is 4.64. The Kier molecular flexibility index (Phi) is 2.29. The standard InChI is InChI=1S/C16H10FN3/c17-13-6-7-15-14(8-13)16-18-9-12(10-20(16)19-15)11-4-2-1-3-5-11/h1-10H. The minimum Gasteiger partial charge on any atom is -0.236 e. The third-order valence-electron chi connectivity index (χ3n) is 3.33. The summed E-state index contributed by atoms with van der Waals surface area (Å²) in [5.41, 5.74) is 3.46. The number of benzene rings is 2. The van der Waals surface area contributed by atoms with E-state index in [9.17, 15) is 4.39 Å². The molecule has 96 valence electrons. The molecule has 0 fully saturated rings. The van der Waals surface area contributed by atoms with E-state index in [0.717, 1.165) is 22.0 Å². The summed E-state index contributed by atoms with van der Waals surface area (Å²) < 4.78 is 15.0. The van der Waals surface area contributed by atoms with Gasteiger partial charge in [0, 0.05) is 23.3 Å². The van der Waals surface area contributed by atoms with Gasteiger partial charge in [-0.3, -0.25) is 0 Å². The molecule has 20 heavy (non-hydrogen) atoms. The van der Waals surface area contributed by atoms with Crippen molar-refractivity contribution in [1.82, 2.24) is 14.6 Å². The Morgan fingerprint density at radius 2 is 1.80 bits per heavy atom. The van der Waals surface area contributed by atoms with E-state index in [2.05, 4.69) is 10.1 Å². The molecule has 0 aliphatic carbocycles. The maximum Gasteiger partial charge on any atom is 0.162 e. The van der Waals surface area contributed by atoms with Crippen molar-refractivity contribution >= 4 is 16.6 Å². The van der Waals surface area contributed by atoms with Crippen molar-refractivity contribution in [3.05, 3.63) is 66.7 Å². The zero-order valence-electron chi connectivity index (χ0n) is 10.5. The van der Waals surface area contributed by atoms with Crippen LogP contribution >= 0.6 is 0 Å². The number of rotatable bonds is 1. The Labute approximate surface area is 114 Å². The van der Waals surface area contributed by atoms with Gasteiger partial charge in [-0.15, -0.1) is 0 Å². The summed E-state index contributed by atoms with van der Waals surface area (Å²) in [6.45, 7) is 0. The van der Waals surface area contributed by atoms with Crippen molar-refractivity contribution in [2.45, 2.75) is 0 Å². The van der Waals surface area contributed by atoms with Crippen LogP contribution in [0.5, 0.6) is 0 Å². The van der Waals surface area contributed by atoms with Crippen molar-refractivity contribution in [3.8, 4) is 11.1 Å². The lowest BCUT2D eigenvalue weighted by molar-refractivity contribution is 0.630. The fraction of sp³-hybridized carbons (Fsp3) is 0. The first-order valence-electron chi connectivity index (χ1n) is 6.30. The molecule has 3 nitrogen and oxygen atoms in total. The van der Waals surface area contributed by atoms with Crippen LogP contribution in [-0.4, -0.2) is 14.6 Å². The second kappa shape index (κ2) is 4.13. The summed E-state index contributed by atoms with van der Waals surface area (Å²) in [5.74, 6) is -0.277. The second-order valence-corrected chi connectivity index (χ2v) is 4.64. The van der Waals surface area contributed by atoms with E-state index in [1.54, 1.807) is 16.8 Å².